The number of aliphatic imine (C=N–C) groups is 1. The molecule has 0 spiro atoms. The van der Waals surface area contributed by atoms with Gasteiger partial charge in [0.25, 0.3) is 0 Å². The Morgan fingerprint density at radius 2 is 1.88 bits per heavy atom. The van der Waals surface area contributed by atoms with Crippen molar-refractivity contribution >= 4 is 5.96 Å². The van der Waals surface area contributed by atoms with E-state index in [1.165, 1.54) is 37.1 Å². The van der Waals surface area contributed by atoms with Crippen LogP contribution in [0.3, 0.4) is 0 Å². The molecule has 0 bridgehead atoms. The summed E-state index contributed by atoms with van der Waals surface area (Å²) in [5, 5.41) is 6.93. The molecule has 2 heterocycles. The van der Waals surface area contributed by atoms with E-state index in [9.17, 15) is 0 Å². The largest absolute Gasteiger partial charge is 0.357 e. The molecule has 5 nitrogen and oxygen atoms in total. The summed E-state index contributed by atoms with van der Waals surface area (Å²) in [6, 6.07) is 13.3. The Morgan fingerprint density at radius 3 is 2.54 bits per heavy atom. The fourth-order valence-corrected chi connectivity index (χ4v) is 3.55. The Morgan fingerprint density at radius 1 is 1.12 bits per heavy atom. The highest BCUT2D eigenvalue weighted by molar-refractivity contribution is 5.79. The van der Waals surface area contributed by atoms with Crippen molar-refractivity contribution in [1.29, 1.82) is 0 Å². The van der Waals surface area contributed by atoms with Crippen LogP contribution in [-0.2, 0) is 13.6 Å². The maximum atomic E-state index is 4.75. The van der Waals surface area contributed by atoms with Gasteiger partial charge in [-0.2, -0.15) is 0 Å². The minimum absolute atomic E-state index is 0.388. The van der Waals surface area contributed by atoms with Crippen LogP contribution in [-0.4, -0.2) is 41.6 Å². The Hall–Kier alpha value is -2.27. The Bertz CT molecular complexity index is 685. The highest BCUT2D eigenvalue weighted by Crippen LogP contribution is 2.24. The summed E-state index contributed by atoms with van der Waals surface area (Å²) >= 11 is 0. The molecule has 2 N–H and O–H groups in total. The van der Waals surface area contributed by atoms with Gasteiger partial charge in [0.05, 0.1) is 12.6 Å². The number of nitrogens with one attached hydrogen (secondary N) is 2. The van der Waals surface area contributed by atoms with Gasteiger partial charge in [-0.05, 0) is 50.0 Å². The second-order valence-corrected chi connectivity index (χ2v) is 6.93. The maximum Gasteiger partial charge on any atom is 0.191 e. The lowest BCUT2D eigenvalue weighted by molar-refractivity contribution is 0.245. The summed E-state index contributed by atoms with van der Waals surface area (Å²) in [5.74, 6) is 0.886. The molecular weight excluding hydrogens is 322 g/mol. The lowest BCUT2D eigenvalue weighted by atomic mass is 10.1. The third kappa shape index (κ3) is 5.11. The predicted octanol–water partition coefficient (Wildman–Crippen LogP) is 2.92. The second-order valence-electron chi connectivity index (χ2n) is 6.93. The Balaban J connectivity index is 1.66. The van der Waals surface area contributed by atoms with Crippen LogP contribution in [0.2, 0.25) is 0 Å². The molecule has 26 heavy (non-hydrogen) atoms. The van der Waals surface area contributed by atoms with Gasteiger partial charge in [0.1, 0.15) is 0 Å². The first kappa shape index (κ1) is 18.5. The first-order chi connectivity index (χ1) is 12.8. The number of aromatic nitrogens is 1. The van der Waals surface area contributed by atoms with Crippen LogP contribution < -0.4 is 10.6 Å². The van der Waals surface area contributed by atoms with Gasteiger partial charge in [0.2, 0.25) is 0 Å². The van der Waals surface area contributed by atoms with Crippen LogP contribution >= 0.6 is 0 Å². The van der Waals surface area contributed by atoms with Gasteiger partial charge in [-0.1, -0.05) is 30.3 Å². The van der Waals surface area contributed by atoms with E-state index in [-0.39, 0.29) is 0 Å². The zero-order valence-corrected chi connectivity index (χ0v) is 16.0. The van der Waals surface area contributed by atoms with Crippen LogP contribution in [0.15, 0.2) is 53.8 Å². The number of likely N-dealkylation sites (tertiary alicyclic amines) is 1. The van der Waals surface area contributed by atoms with Gasteiger partial charge in [-0.15, -0.1) is 0 Å². The summed E-state index contributed by atoms with van der Waals surface area (Å²) in [6.07, 6.45) is 6.77. The fourth-order valence-electron chi connectivity index (χ4n) is 3.55. The summed E-state index contributed by atoms with van der Waals surface area (Å²) in [6.45, 7) is 6.88. The molecule has 140 valence electrons. The van der Waals surface area contributed by atoms with E-state index in [2.05, 4.69) is 75.8 Å². The van der Waals surface area contributed by atoms with E-state index in [4.69, 9.17) is 4.99 Å². The molecule has 1 aliphatic rings. The normalized spacial score (nSPS) is 16.6. The molecule has 5 heteroatoms. The minimum Gasteiger partial charge on any atom is -0.357 e. The quantitative estimate of drug-likeness (QED) is 0.594. The maximum absolute atomic E-state index is 4.75. The summed E-state index contributed by atoms with van der Waals surface area (Å²) < 4.78 is 2.06. The van der Waals surface area contributed by atoms with Crippen LogP contribution in [0.5, 0.6) is 0 Å². The van der Waals surface area contributed by atoms with Crippen molar-refractivity contribution < 1.29 is 0 Å². The first-order valence-electron chi connectivity index (χ1n) is 9.68. The van der Waals surface area contributed by atoms with Gasteiger partial charge in [-0.25, -0.2) is 4.99 Å². The van der Waals surface area contributed by atoms with E-state index in [0.717, 1.165) is 19.0 Å². The highest BCUT2D eigenvalue weighted by Gasteiger charge is 2.23. The average molecular weight is 354 g/mol. The number of hydrogen-bond donors (Lipinski definition) is 2. The van der Waals surface area contributed by atoms with Crippen LogP contribution in [0.25, 0.3) is 0 Å². The zero-order valence-electron chi connectivity index (χ0n) is 16.0. The summed E-state index contributed by atoms with van der Waals surface area (Å²) in [4.78, 5) is 7.34. The van der Waals surface area contributed by atoms with Gasteiger partial charge in [0.15, 0.2) is 5.96 Å². The standard InChI is InChI=1S/C21H31N5/c1-3-22-21(23-15-18-11-14-25(2)17-18)24-16-20(26-12-7-8-13-26)19-9-5-4-6-10-19/h4-6,9-11,14,17,20H,3,7-8,12-13,15-16H2,1-2H3,(H2,22,23,24). The van der Waals surface area contributed by atoms with Crippen molar-refractivity contribution in [3.05, 3.63) is 59.9 Å². The molecule has 0 saturated carbocycles. The molecule has 0 aliphatic carbocycles. The number of benzene rings is 1. The predicted molar refractivity (Wildman–Crippen MR) is 108 cm³/mol. The molecule has 1 saturated heterocycles. The second kappa shape index (κ2) is 9.43. The van der Waals surface area contributed by atoms with Crippen molar-refractivity contribution in [2.75, 3.05) is 26.2 Å². The summed E-state index contributed by atoms with van der Waals surface area (Å²) in [7, 11) is 2.04. The van der Waals surface area contributed by atoms with Crippen molar-refractivity contribution in [2.24, 2.45) is 12.0 Å². The molecule has 1 fully saturated rings. The minimum atomic E-state index is 0.388. The van der Waals surface area contributed by atoms with Crippen LogP contribution in [0, 0.1) is 0 Å². The van der Waals surface area contributed by atoms with Crippen molar-refractivity contribution in [1.82, 2.24) is 20.1 Å². The Kier molecular flexibility index (Phi) is 6.72. The molecule has 1 aromatic carbocycles. The van der Waals surface area contributed by atoms with E-state index in [1.807, 2.05) is 7.05 Å². The molecule has 0 radical (unpaired) electrons. The third-order valence-electron chi connectivity index (χ3n) is 4.89. The average Bonchev–Trinajstić information content (AvgIpc) is 3.33. The highest BCUT2D eigenvalue weighted by atomic mass is 15.2. The fraction of sp³-hybridized carbons (Fsp3) is 0.476. The van der Waals surface area contributed by atoms with Crippen LogP contribution in [0.1, 0.15) is 36.9 Å². The molecule has 1 unspecified atom stereocenters. The zero-order chi connectivity index (χ0) is 18.2. The number of aryl methyl sites for hydroxylation is 1. The molecular formula is C21H31N5. The monoisotopic (exact) mass is 353 g/mol. The van der Waals surface area contributed by atoms with Crippen molar-refractivity contribution in [3.8, 4) is 0 Å². The summed E-state index contributed by atoms with van der Waals surface area (Å²) in [5.41, 5.74) is 2.60. The molecule has 0 amide bonds. The lowest BCUT2D eigenvalue weighted by Gasteiger charge is -2.29. The van der Waals surface area contributed by atoms with Crippen LogP contribution in [0.4, 0.5) is 0 Å². The molecule has 3 rings (SSSR count). The van der Waals surface area contributed by atoms with Crippen molar-refractivity contribution in [2.45, 2.75) is 32.4 Å². The van der Waals surface area contributed by atoms with Gasteiger partial charge >= 0.3 is 0 Å². The first-order valence-corrected chi connectivity index (χ1v) is 9.68. The number of hydrogen-bond acceptors (Lipinski definition) is 2. The number of rotatable bonds is 7. The van der Waals surface area contributed by atoms with Crippen molar-refractivity contribution in [3.63, 3.8) is 0 Å². The Labute approximate surface area is 157 Å². The molecule has 1 atom stereocenters. The van der Waals surface area contributed by atoms with E-state index in [0.29, 0.717) is 12.6 Å². The van der Waals surface area contributed by atoms with Gasteiger partial charge in [0, 0.05) is 32.5 Å². The molecule has 1 aliphatic heterocycles. The molecule has 2 aromatic rings. The SMILES string of the molecule is CCNC(=NCc1ccn(C)c1)NCC(c1ccccc1)N1CCCC1. The number of guanidine groups is 1. The third-order valence-corrected chi connectivity index (χ3v) is 4.89. The van der Waals surface area contributed by atoms with E-state index in [1.54, 1.807) is 0 Å². The topological polar surface area (TPSA) is 44.6 Å². The van der Waals surface area contributed by atoms with Gasteiger partial charge < -0.3 is 15.2 Å². The lowest BCUT2D eigenvalue weighted by Crippen LogP contribution is -2.42. The van der Waals surface area contributed by atoms with Gasteiger partial charge in [-0.3, -0.25) is 4.90 Å². The molecule has 1 aromatic heterocycles. The van der Waals surface area contributed by atoms with E-state index >= 15 is 0 Å². The van der Waals surface area contributed by atoms with E-state index < -0.39 is 0 Å². The smallest absolute Gasteiger partial charge is 0.191 e. The number of nitrogens with zero attached hydrogens (tertiary/aromatic N) is 3.